The smallest absolute Gasteiger partial charge is 0.0594 e. The van der Waals surface area contributed by atoms with Gasteiger partial charge in [-0.1, -0.05) is 30.3 Å². The molecule has 24 heavy (non-hydrogen) atoms. The van der Waals surface area contributed by atoms with E-state index >= 15 is 0 Å². The van der Waals surface area contributed by atoms with Crippen molar-refractivity contribution in [3.05, 3.63) is 35.9 Å². The van der Waals surface area contributed by atoms with E-state index in [1.54, 1.807) is 0 Å². The number of nitrogens with one attached hydrogen (secondary N) is 1. The molecule has 2 saturated heterocycles. The van der Waals surface area contributed by atoms with Crippen LogP contribution in [0.4, 0.5) is 0 Å². The summed E-state index contributed by atoms with van der Waals surface area (Å²) < 4.78 is 11.2. The van der Waals surface area contributed by atoms with Gasteiger partial charge >= 0.3 is 0 Å². The van der Waals surface area contributed by atoms with E-state index in [-0.39, 0.29) is 0 Å². The van der Waals surface area contributed by atoms with Crippen molar-refractivity contribution in [1.29, 1.82) is 0 Å². The maximum absolute atomic E-state index is 5.67. The van der Waals surface area contributed by atoms with Crippen molar-refractivity contribution in [1.82, 2.24) is 10.2 Å². The molecular weight excluding hydrogens is 300 g/mol. The van der Waals surface area contributed by atoms with Gasteiger partial charge in [-0.05, 0) is 30.7 Å². The molecule has 3 fully saturated rings. The Morgan fingerprint density at radius 1 is 1.04 bits per heavy atom. The molecule has 2 heterocycles. The van der Waals surface area contributed by atoms with E-state index in [9.17, 15) is 0 Å². The quantitative estimate of drug-likeness (QED) is 0.867. The molecule has 0 bridgehead atoms. The number of hydrogen-bond acceptors (Lipinski definition) is 4. The topological polar surface area (TPSA) is 33.7 Å². The average Bonchev–Trinajstić information content (AvgIpc) is 3.13. The van der Waals surface area contributed by atoms with Gasteiger partial charge in [0.1, 0.15) is 0 Å². The van der Waals surface area contributed by atoms with Gasteiger partial charge in [0, 0.05) is 44.2 Å². The van der Waals surface area contributed by atoms with Gasteiger partial charge in [-0.2, -0.15) is 0 Å². The van der Waals surface area contributed by atoms with Crippen molar-refractivity contribution in [3.63, 3.8) is 0 Å². The fourth-order valence-electron chi connectivity index (χ4n) is 4.43. The number of morpholine rings is 1. The van der Waals surface area contributed by atoms with Gasteiger partial charge < -0.3 is 14.8 Å². The van der Waals surface area contributed by atoms with Crippen molar-refractivity contribution < 1.29 is 9.47 Å². The Morgan fingerprint density at radius 2 is 1.83 bits per heavy atom. The summed E-state index contributed by atoms with van der Waals surface area (Å²) in [4.78, 5) is 2.63. The normalized spacial score (nSPS) is 32.4. The SMILES string of the molecule is c1ccc(C2CC(NC[C@H]([C@H]3CCOC3)N3CCOCC3)C2)cc1. The minimum Gasteiger partial charge on any atom is -0.381 e. The molecule has 1 aromatic carbocycles. The molecule has 2 atom stereocenters. The predicted molar refractivity (Wildman–Crippen MR) is 95.3 cm³/mol. The molecule has 3 aliphatic rings. The van der Waals surface area contributed by atoms with Gasteiger partial charge in [-0.3, -0.25) is 4.90 Å². The molecule has 132 valence electrons. The minimum atomic E-state index is 0.604. The maximum Gasteiger partial charge on any atom is 0.0594 e. The van der Waals surface area contributed by atoms with E-state index < -0.39 is 0 Å². The lowest BCUT2D eigenvalue weighted by molar-refractivity contribution is -0.0000249. The van der Waals surface area contributed by atoms with E-state index in [0.29, 0.717) is 18.0 Å². The third-order valence-electron chi connectivity index (χ3n) is 6.05. The van der Waals surface area contributed by atoms with E-state index in [0.717, 1.165) is 52.0 Å². The molecule has 1 N–H and O–H groups in total. The number of rotatable bonds is 6. The van der Waals surface area contributed by atoms with Crippen LogP contribution in [-0.4, -0.2) is 63.0 Å². The van der Waals surface area contributed by atoms with Crippen LogP contribution in [0, 0.1) is 5.92 Å². The summed E-state index contributed by atoms with van der Waals surface area (Å²) in [6.07, 6.45) is 3.77. The van der Waals surface area contributed by atoms with E-state index in [4.69, 9.17) is 9.47 Å². The van der Waals surface area contributed by atoms with Gasteiger partial charge in [0.2, 0.25) is 0 Å². The van der Waals surface area contributed by atoms with Crippen LogP contribution >= 0.6 is 0 Å². The van der Waals surface area contributed by atoms with Crippen LogP contribution < -0.4 is 5.32 Å². The van der Waals surface area contributed by atoms with Crippen molar-refractivity contribution in [3.8, 4) is 0 Å². The van der Waals surface area contributed by atoms with Gasteiger partial charge in [0.05, 0.1) is 19.8 Å². The largest absolute Gasteiger partial charge is 0.381 e. The second-order valence-electron chi connectivity index (χ2n) is 7.52. The predicted octanol–water partition coefficient (Wildman–Crippen LogP) is 2.26. The van der Waals surface area contributed by atoms with Gasteiger partial charge in [-0.15, -0.1) is 0 Å². The third-order valence-corrected chi connectivity index (χ3v) is 6.05. The van der Waals surface area contributed by atoms with Crippen LogP contribution in [0.1, 0.15) is 30.7 Å². The Hall–Kier alpha value is -0.940. The lowest BCUT2D eigenvalue weighted by atomic mass is 9.76. The van der Waals surface area contributed by atoms with Gasteiger partial charge in [0.15, 0.2) is 0 Å². The fraction of sp³-hybridized carbons (Fsp3) is 0.700. The van der Waals surface area contributed by atoms with Crippen LogP contribution in [0.2, 0.25) is 0 Å². The number of nitrogens with zero attached hydrogens (tertiary/aromatic N) is 1. The first-order chi connectivity index (χ1) is 11.9. The van der Waals surface area contributed by atoms with Gasteiger partial charge in [-0.25, -0.2) is 0 Å². The zero-order valence-electron chi connectivity index (χ0n) is 14.5. The zero-order valence-corrected chi connectivity index (χ0v) is 14.5. The Labute approximate surface area is 145 Å². The second kappa shape index (κ2) is 7.96. The highest BCUT2D eigenvalue weighted by molar-refractivity contribution is 5.22. The monoisotopic (exact) mass is 330 g/mol. The summed E-state index contributed by atoms with van der Waals surface area (Å²) >= 11 is 0. The van der Waals surface area contributed by atoms with Crippen LogP contribution in [0.15, 0.2) is 30.3 Å². The first-order valence-electron chi connectivity index (χ1n) is 9.58. The van der Waals surface area contributed by atoms with Crippen LogP contribution in [0.25, 0.3) is 0 Å². The molecule has 1 saturated carbocycles. The number of hydrogen-bond donors (Lipinski definition) is 1. The first-order valence-corrected chi connectivity index (χ1v) is 9.58. The average molecular weight is 330 g/mol. The molecule has 1 aliphatic carbocycles. The fourth-order valence-corrected chi connectivity index (χ4v) is 4.43. The lowest BCUT2D eigenvalue weighted by Gasteiger charge is -2.41. The van der Waals surface area contributed by atoms with Crippen LogP contribution in [0.3, 0.4) is 0 Å². The molecule has 4 nitrogen and oxygen atoms in total. The molecule has 0 spiro atoms. The highest BCUT2D eigenvalue weighted by Crippen LogP contribution is 2.36. The summed E-state index contributed by atoms with van der Waals surface area (Å²) in [6.45, 7) is 6.86. The molecule has 0 aromatic heterocycles. The molecule has 0 unspecified atom stereocenters. The molecule has 4 rings (SSSR count). The number of ether oxygens (including phenoxy) is 2. The Bertz CT molecular complexity index is 492. The first kappa shape index (κ1) is 16.5. The highest BCUT2D eigenvalue weighted by Gasteiger charge is 2.34. The summed E-state index contributed by atoms with van der Waals surface area (Å²) in [5.41, 5.74) is 1.50. The van der Waals surface area contributed by atoms with E-state index in [1.165, 1.54) is 24.8 Å². The van der Waals surface area contributed by atoms with Crippen molar-refractivity contribution >= 4 is 0 Å². The van der Waals surface area contributed by atoms with Crippen molar-refractivity contribution in [2.45, 2.75) is 37.3 Å². The zero-order chi connectivity index (χ0) is 16.2. The molecule has 1 aromatic rings. The second-order valence-corrected chi connectivity index (χ2v) is 7.52. The van der Waals surface area contributed by atoms with E-state index in [2.05, 4.69) is 40.5 Å². The van der Waals surface area contributed by atoms with E-state index in [1.807, 2.05) is 0 Å². The summed E-state index contributed by atoms with van der Waals surface area (Å²) in [5.74, 6) is 1.43. The lowest BCUT2D eigenvalue weighted by Crippen LogP contribution is -2.54. The highest BCUT2D eigenvalue weighted by atomic mass is 16.5. The molecule has 0 amide bonds. The summed E-state index contributed by atoms with van der Waals surface area (Å²) in [7, 11) is 0. The number of benzene rings is 1. The molecule has 4 heteroatoms. The van der Waals surface area contributed by atoms with Crippen molar-refractivity contribution in [2.24, 2.45) is 5.92 Å². The molecular formula is C20H30N2O2. The summed E-state index contributed by atoms with van der Waals surface area (Å²) in [5, 5.41) is 3.86. The minimum absolute atomic E-state index is 0.604. The van der Waals surface area contributed by atoms with Crippen molar-refractivity contribution in [2.75, 3.05) is 46.1 Å². The summed E-state index contributed by atoms with van der Waals surface area (Å²) in [6, 6.07) is 12.2. The Morgan fingerprint density at radius 3 is 2.54 bits per heavy atom. The standard InChI is InChI=1S/C20H30N2O2/c1-2-4-16(5-3-1)18-12-19(13-18)21-14-20(17-6-9-24-15-17)22-7-10-23-11-8-22/h1-5,17-21H,6-15H2/t17-,18?,19?,20+/m0/s1. The van der Waals surface area contributed by atoms with Gasteiger partial charge in [0.25, 0.3) is 0 Å². The Kier molecular flexibility index (Phi) is 5.48. The maximum atomic E-state index is 5.67. The van der Waals surface area contributed by atoms with Crippen LogP contribution in [0.5, 0.6) is 0 Å². The third kappa shape index (κ3) is 3.83. The molecule has 2 aliphatic heterocycles. The molecule has 0 radical (unpaired) electrons. The van der Waals surface area contributed by atoms with Crippen LogP contribution in [-0.2, 0) is 9.47 Å². The Balaban J connectivity index is 1.28.